The number of likely N-dealkylation sites (N-methyl/N-ethyl adjacent to an activating group) is 1. The third-order valence-corrected chi connectivity index (χ3v) is 3.40. The van der Waals surface area contributed by atoms with Gasteiger partial charge in [0, 0.05) is 24.9 Å². The minimum Gasteiger partial charge on any atom is -0.339 e. The van der Waals surface area contributed by atoms with Crippen LogP contribution in [0, 0.1) is 12.3 Å². The molecule has 0 radical (unpaired) electrons. The summed E-state index contributed by atoms with van der Waals surface area (Å²) in [5, 5.41) is 3.16. The van der Waals surface area contributed by atoms with E-state index >= 15 is 0 Å². The maximum absolute atomic E-state index is 11.8. The molecule has 0 heterocycles. The summed E-state index contributed by atoms with van der Waals surface area (Å²) in [4.78, 5) is 13.7. The number of hydrogen-bond donors (Lipinski definition) is 1. The van der Waals surface area contributed by atoms with Gasteiger partial charge in [-0.05, 0) is 19.8 Å². The number of terminal acetylenes is 1. The van der Waals surface area contributed by atoms with Crippen LogP contribution in [0.25, 0.3) is 0 Å². The Morgan fingerprint density at radius 1 is 1.62 bits per heavy atom. The lowest BCUT2D eigenvalue weighted by Gasteiger charge is -2.20. The van der Waals surface area contributed by atoms with Crippen molar-refractivity contribution in [2.75, 3.05) is 31.1 Å². The zero-order valence-electron chi connectivity index (χ0n) is 9.87. The zero-order chi connectivity index (χ0) is 11.8. The number of nitrogens with zero attached hydrogens (tertiary/aromatic N) is 1. The Labute approximate surface area is 102 Å². The van der Waals surface area contributed by atoms with Crippen LogP contribution in [0.5, 0.6) is 0 Å². The molecular weight excluding hydrogens is 220 g/mol. The van der Waals surface area contributed by atoms with Crippen molar-refractivity contribution in [2.45, 2.75) is 25.8 Å². The molecule has 90 valence electrons. The minimum atomic E-state index is 0.229. The molecule has 1 rings (SSSR count). The molecule has 16 heavy (non-hydrogen) atoms. The van der Waals surface area contributed by atoms with Gasteiger partial charge in [-0.1, -0.05) is 5.92 Å². The first-order chi connectivity index (χ1) is 7.79. The van der Waals surface area contributed by atoms with Crippen molar-refractivity contribution in [3.8, 4) is 12.3 Å². The molecule has 1 aliphatic carbocycles. The molecule has 1 fully saturated rings. The number of thioether (sulfide) groups is 1. The van der Waals surface area contributed by atoms with Gasteiger partial charge < -0.3 is 10.2 Å². The second-order valence-electron chi connectivity index (χ2n) is 3.84. The molecule has 0 aromatic rings. The number of hydrogen-bond acceptors (Lipinski definition) is 3. The summed E-state index contributed by atoms with van der Waals surface area (Å²) in [6, 6.07) is 0.523. The predicted molar refractivity (Wildman–Crippen MR) is 69.4 cm³/mol. The van der Waals surface area contributed by atoms with Gasteiger partial charge in [-0.3, -0.25) is 4.79 Å². The van der Waals surface area contributed by atoms with Crippen LogP contribution in [0.15, 0.2) is 0 Å². The van der Waals surface area contributed by atoms with Gasteiger partial charge in [-0.25, -0.2) is 0 Å². The van der Waals surface area contributed by atoms with Crippen LogP contribution >= 0.6 is 11.8 Å². The molecule has 0 bridgehead atoms. The van der Waals surface area contributed by atoms with Crippen LogP contribution in [0.3, 0.4) is 0 Å². The average Bonchev–Trinajstić information content (AvgIpc) is 3.08. The lowest BCUT2D eigenvalue weighted by atomic mass is 10.4. The first-order valence-electron chi connectivity index (χ1n) is 5.81. The van der Waals surface area contributed by atoms with E-state index in [1.807, 2.05) is 11.8 Å². The van der Waals surface area contributed by atoms with Gasteiger partial charge in [-0.2, -0.15) is 0 Å². The maximum Gasteiger partial charge on any atom is 0.236 e. The highest BCUT2D eigenvalue weighted by Gasteiger charge is 2.30. The topological polar surface area (TPSA) is 32.3 Å². The van der Waals surface area contributed by atoms with Crippen molar-refractivity contribution >= 4 is 17.7 Å². The number of amides is 1. The van der Waals surface area contributed by atoms with E-state index in [2.05, 4.69) is 11.2 Å². The molecule has 0 aromatic carbocycles. The Bertz CT molecular complexity index is 258. The predicted octanol–water partition coefficient (Wildman–Crippen LogP) is 0.953. The SMILES string of the molecule is C#CCSCCNCC(=O)N(CC)C1CC1. The molecule has 0 aliphatic heterocycles. The van der Waals surface area contributed by atoms with Gasteiger partial charge in [-0.15, -0.1) is 18.2 Å². The number of nitrogens with one attached hydrogen (secondary N) is 1. The molecular formula is C12H20N2OS. The van der Waals surface area contributed by atoms with E-state index in [-0.39, 0.29) is 5.91 Å². The quantitative estimate of drug-likeness (QED) is 0.506. The second kappa shape index (κ2) is 7.59. The first-order valence-corrected chi connectivity index (χ1v) is 6.96. The molecule has 0 unspecified atom stereocenters. The van der Waals surface area contributed by atoms with E-state index in [9.17, 15) is 4.79 Å². The second-order valence-corrected chi connectivity index (χ2v) is 4.95. The summed E-state index contributed by atoms with van der Waals surface area (Å²) in [6.45, 7) is 4.18. The van der Waals surface area contributed by atoms with Gasteiger partial charge in [0.05, 0.1) is 12.3 Å². The summed E-state index contributed by atoms with van der Waals surface area (Å²) in [5.41, 5.74) is 0. The van der Waals surface area contributed by atoms with E-state index in [0.717, 1.165) is 24.6 Å². The molecule has 1 aliphatic rings. The Kier molecular flexibility index (Phi) is 6.36. The van der Waals surface area contributed by atoms with Crippen LogP contribution in [0.4, 0.5) is 0 Å². The molecule has 0 atom stereocenters. The molecule has 4 heteroatoms. The highest BCUT2D eigenvalue weighted by molar-refractivity contribution is 7.99. The fourth-order valence-electron chi connectivity index (χ4n) is 1.60. The summed E-state index contributed by atoms with van der Waals surface area (Å²) >= 11 is 1.71. The fraction of sp³-hybridized carbons (Fsp3) is 0.750. The van der Waals surface area contributed by atoms with Crippen molar-refractivity contribution in [3.05, 3.63) is 0 Å². The highest BCUT2D eigenvalue weighted by Crippen LogP contribution is 2.26. The lowest BCUT2D eigenvalue weighted by Crippen LogP contribution is -2.40. The average molecular weight is 240 g/mol. The normalized spacial score (nSPS) is 14.5. The monoisotopic (exact) mass is 240 g/mol. The first kappa shape index (κ1) is 13.4. The van der Waals surface area contributed by atoms with E-state index in [4.69, 9.17) is 6.42 Å². The molecule has 1 saturated carbocycles. The van der Waals surface area contributed by atoms with Crippen molar-refractivity contribution in [3.63, 3.8) is 0 Å². The van der Waals surface area contributed by atoms with Gasteiger partial charge in [0.15, 0.2) is 0 Å². The van der Waals surface area contributed by atoms with E-state index in [1.165, 1.54) is 12.8 Å². The maximum atomic E-state index is 11.8. The van der Waals surface area contributed by atoms with Crippen LogP contribution in [0.1, 0.15) is 19.8 Å². The molecule has 0 saturated heterocycles. The highest BCUT2D eigenvalue weighted by atomic mass is 32.2. The smallest absolute Gasteiger partial charge is 0.236 e. The Balaban J connectivity index is 2.03. The Morgan fingerprint density at radius 3 is 2.94 bits per heavy atom. The van der Waals surface area contributed by atoms with E-state index in [0.29, 0.717) is 12.6 Å². The van der Waals surface area contributed by atoms with Gasteiger partial charge >= 0.3 is 0 Å². The number of carbonyl (C=O) groups is 1. The Morgan fingerprint density at radius 2 is 2.38 bits per heavy atom. The van der Waals surface area contributed by atoms with Gasteiger partial charge in [0.2, 0.25) is 5.91 Å². The van der Waals surface area contributed by atoms with Gasteiger partial charge in [0.1, 0.15) is 0 Å². The molecule has 0 aromatic heterocycles. The van der Waals surface area contributed by atoms with Crippen LogP contribution in [-0.4, -0.2) is 48.0 Å². The van der Waals surface area contributed by atoms with Crippen molar-refractivity contribution in [1.82, 2.24) is 10.2 Å². The van der Waals surface area contributed by atoms with Crippen LogP contribution < -0.4 is 5.32 Å². The molecule has 1 N–H and O–H groups in total. The number of rotatable bonds is 8. The molecule has 1 amide bonds. The molecule has 0 spiro atoms. The lowest BCUT2D eigenvalue weighted by molar-refractivity contribution is -0.130. The van der Waals surface area contributed by atoms with Crippen molar-refractivity contribution < 1.29 is 4.79 Å². The van der Waals surface area contributed by atoms with Crippen LogP contribution in [0.2, 0.25) is 0 Å². The molecule has 3 nitrogen and oxygen atoms in total. The van der Waals surface area contributed by atoms with E-state index < -0.39 is 0 Å². The standard InChI is InChI=1S/C12H20N2OS/c1-3-8-16-9-7-13-10-12(15)14(4-2)11-5-6-11/h1,11,13H,4-10H2,2H3. The summed E-state index contributed by atoms with van der Waals surface area (Å²) in [5.74, 6) is 4.52. The Hall–Kier alpha value is -0.660. The zero-order valence-corrected chi connectivity index (χ0v) is 10.7. The van der Waals surface area contributed by atoms with Crippen LogP contribution in [-0.2, 0) is 4.79 Å². The van der Waals surface area contributed by atoms with E-state index in [1.54, 1.807) is 11.8 Å². The van der Waals surface area contributed by atoms with Crippen molar-refractivity contribution in [1.29, 1.82) is 0 Å². The summed E-state index contributed by atoms with van der Waals surface area (Å²) < 4.78 is 0. The largest absolute Gasteiger partial charge is 0.339 e. The minimum absolute atomic E-state index is 0.229. The third-order valence-electron chi connectivity index (χ3n) is 2.53. The van der Waals surface area contributed by atoms with Crippen molar-refractivity contribution in [2.24, 2.45) is 0 Å². The number of carbonyl (C=O) groups excluding carboxylic acids is 1. The third kappa shape index (κ3) is 4.91. The fourth-order valence-corrected chi connectivity index (χ4v) is 2.15. The summed E-state index contributed by atoms with van der Waals surface area (Å²) in [6.07, 6.45) is 7.49. The summed E-state index contributed by atoms with van der Waals surface area (Å²) in [7, 11) is 0. The van der Waals surface area contributed by atoms with Gasteiger partial charge in [0.25, 0.3) is 0 Å².